The second-order valence-electron chi connectivity index (χ2n) is 4.73. The van der Waals surface area contributed by atoms with E-state index in [1.54, 1.807) is 6.07 Å². The lowest BCUT2D eigenvalue weighted by molar-refractivity contribution is -0.122. The third kappa shape index (κ3) is 3.65. The number of hydrogen-bond acceptors (Lipinski definition) is 4. The average Bonchev–Trinajstić information content (AvgIpc) is 2.47. The molecule has 0 unspecified atom stereocenters. The first-order valence-electron chi connectivity index (χ1n) is 6.66. The molecule has 0 atom stereocenters. The van der Waals surface area contributed by atoms with Gasteiger partial charge in [-0.25, -0.2) is 0 Å². The fourth-order valence-electron chi connectivity index (χ4n) is 2.29. The van der Waals surface area contributed by atoms with E-state index in [4.69, 9.17) is 6.42 Å². The van der Waals surface area contributed by atoms with Crippen LogP contribution in [-0.2, 0) is 4.79 Å². The molecule has 1 amide bonds. The van der Waals surface area contributed by atoms with Crippen LogP contribution in [0.4, 0.5) is 5.69 Å². The van der Waals surface area contributed by atoms with Crippen LogP contribution >= 0.6 is 0 Å². The van der Waals surface area contributed by atoms with Crippen LogP contribution in [0.15, 0.2) is 24.3 Å². The van der Waals surface area contributed by atoms with Crippen molar-refractivity contribution in [2.45, 2.75) is 0 Å². The predicted octanol–water partition coefficient (Wildman–Crippen LogP) is 0.264. The van der Waals surface area contributed by atoms with E-state index < -0.39 is 0 Å². The lowest BCUT2D eigenvalue weighted by Crippen LogP contribution is -2.49. The van der Waals surface area contributed by atoms with Crippen molar-refractivity contribution in [1.82, 2.24) is 10.2 Å². The summed E-state index contributed by atoms with van der Waals surface area (Å²) in [5.41, 5.74) is 0.851. The van der Waals surface area contributed by atoms with Gasteiger partial charge in [-0.15, -0.1) is 6.42 Å². The van der Waals surface area contributed by atoms with Gasteiger partial charge in [-0.3, -0.25) is 9.69 Å². The Labute approximate surface area is 119 Å². The van der Waals surface area contributed by atoms with E-state index in [1.807, 2.05) is 18.2 Å². The van der Waals surface area contributed by atoms with E-state index >= 15 is 0 Å². The Bertz CT molecular complexity index is 502. The molecule has 0 saturated carbocycles. The molecule has 106 valence electrons. The second kappa shape index (κ2) is 6.83. The zero-order chi connectivity index (χ0) is 14.4. The van der Waals surface area contributed by atoms with Crippen LogP contribution in [0.2, 0.25) is 0 Å². The van der Waals surface area contributed by atoms with E-state index in [2.05, 4.69) is 21.0 Å². The molecule has 0 aromatic heterocycles. The van der Waals surface area contributed by atoms with Gasteiger partial charge in [0.1, 0.15) is 5.75 Å². The van der Waals surface area contributed by atoms with Gasteiger partial charge >= 0.3 is 0 Å². The Morgan fingerprint density at radius 2 is 2.00 bits per heavy atom. The molecule has 0 radical (unpaired) electrons. The summed E-state index contributed by atoms with van der Waals surface area (Å²) in [6.07, 6.45) is 5.10. The zero-order valence-electron chi connectivity index (χ0n) is 11.4. The average molecular weight is 273 g/mol. The quantitative estimate of drug-likeness (QED) is 0.773. The first-order chi connectivity index (χ1) is 9.70. The molecule has 0 spiro atoms. The second-order valence-corrected chi connectivity index (χ2v) is 4.73. The number of piperazine rings is 1. The van der Waals surface area contributed by atoms with Crippen LogP contribution in [0.3, 0.4) is 0 Å². The predicted molar refractivity (Wildman–Crippen MR) is 78.6 cm³/mol. The summed E-state index contributed by atoms with van der Waals surface area (Å²) in [6, 6.07) is 7.32. The van der Waals surface area contributed by atoms with Crippen molar-refractivity contribution in [3.63, 3.8) is 0 Å². The van der Waals surface area contributed by atoms with Gasteiger partial charge < -0.3 is 15.3 Å². The number of benzene rings is 1. The van der Waals surface area contributed by atoms with Gasteiger partial charge in [-0.05, 0) is 12.1 Å². The van der Waals surface area contributed by atoms with Crippen LogP contribution in [0.25, 0.3) is 0 Å². The van der Waals surface area contributed by atoms with Crippen molar-refractivity contribution in [1.29, 1.82) is 0 Å². The van der Waals surface area contributed by atoms with E-state index in [0.29, 0.717) is 12.3 Å². The summed E-state index contributed by atoms with van der Waals surface area (Å²) in [4.78, 5) is 15.8. The fraction of sp³-hybridized carbons (Fsp3) is 0.400. The van der Waals surface area contributed by atoms with Crippen LogP contribution in [0.1, 0.15) is 0 Å². The summed E-state index contributed by atoms with van der Waals surface area (Å²) in [7, 11) is 0. The molecule has 1 aliphatic heterocycles. The summed E-state index contributed by atoms with van der Waals surface area (Å²) in [5.74, 6) is 2.64. The molecule has 1 aromatic rings. The van der Waals surface area contributed by atoms with E-state index in [0.717, 1.165) is 31.9 Å². The standard InChI is InChI=1S/C15H19N3O2/c1-2-7-16-15(20)12-17-8-10-18(11-9-17)13-5-3-4-6-14(13)19/h1,3-6,19H,7-12H2,(H,16,20). The number of nitrogens with zero attached hydrogens (tertiary/aromatic N) is 2. The minimum Gasteiger partial charge on any atom is -0.506 e. The maximum Gasteiger partial charge on any atom is 0.234 e. The lowest BCUT2D eigenvalue weighted by atomic mass is 10.2. The Balaban J connectivity index is 1.82. The van der Waals surface area contributed by atoms with Gasteiger partial charge in [0.25, 0.3) is 0 Å². The molecule has 1 fully saturated rings. The summed E-state index contributed by atoms with van der Waals surface area (Å²) in [6.45, 7) is 3.81. The van der Waals surface area contributed by atoms with Crippen LogP contribution in [0.5, 0.6) is 5.75 Å². The highest BCUT2D eigenvalue weighted by Crippen LogP contribution is 2.26. The van der Waals surface area contributed by atoms with Crippen LogP contribution in [0, 0.1) is 12.3 Å². The summed E-state index contributed by atoms with van der Waals surface area (Å²) in [5, 5.41) is 12.5. The number of para-hydroxylation sites is 2. The molecule has 20 heavy (non-hydrogen) atoms. The Morgan fingerprint density at radius 3 is 2.65 bits per heavy atom. The van der Waals surface area contributed by atoms with Crippen molar-refractivity contribution in [2.75, 3.05) is 44.2 Å². The minimum atomic E-state index is -0.0426. The molecule has 2 rings (SSSR count). The topological polar surface area (TPSA) is 55.8 Å². The Kier molecular flexibility index (Phi) is 4.85. The van der Waals surface area contributed by atoms with Crippen LogP contribution < -0.4 is 10.2 Å². The monoisotopic (exact) mass is 273 g/mol. The molecule has 1 saturated heterocycles. The molecule has 5 nitrogen and oxygen atoms in total. The molecule has 0 aliphatic carbocycles. The van der Waals surface area contributed by atoms with Crippen molar-refractivity contribution in [3.8, 4) is 18.1 Å². The largest absolute Gasteiger partial charge is 0.506 e. The van der Waals surface area contributed by atoms with E-state index in [1.165, 1.54) is 0 Å². The van der Waals surface area contributed by atoms with E-state index in [-0.39, 0.29) is 12.5 Å². The Morgan fingerprint density at radius 1 is 1.30 bits per heavy atom. The highest BCUT2D eigenvalue weighted by atomic mass is 16.3. The van der Waals surface area contributed by atoms with Gasteiger partial charge in [0, 0.05) is 26.2 Å². The highest BCUT2D eigenvalue weighted by Gasteiger charge is 2.20. The normalized spacial score (nSPS) is 15.7. The minimum absolute atomic E-state index is 0.0426. The molecule has 1 heterocycles. The number of hydrogen-bond donors (Lipinski definition) is 2. The number of carbonyl (C=O) groups is 1. The van der Waals surface area contributed by atoms with Crippen molar-refractivity contribution < 1.29 is 9.90 Å². The number of carbonyl (C=O) groups excluding carboxylic acids is 1. The van der Waals surface area contributed by atoms with Crippen LogP contribution in [-0.4, -0.2) is 55.2 Å². The zero-order valence-corrected chi connectivity index (χ0v) is 11.4. The third-order valence-corrected chi connectivity index (χ3v) is 3.35. The Hall–Kier alpha value is -2.19. The van der Waals surface area contributed by atoms with Gasteiger partial charge in [-0.1, -0.05) is 18.1 Å². The molecular weight excluding hydrogens is 254 g/mol. The third-order valence-electron chi connectivity index (χ3n) is 3.35. The van der Waals surface area contributed by atoms with Gasteiger partial charge in [-0.2, -0.15) is 0 Å². The molecule has 1 aliphatic rings. The summed E-state index contributed by atoms with van der Waals surface area (Å²) >= 11 is 0. The highest BCUT2D eigenvalue weighted by molar-refractivity contribution is 5.78. The number of rotatable bonds is 4. The molecule has 0 bridgehead atoms. The van der Waals surface area contributed by atoms with Gasteiger partial charge in [0.05, 0.1) is 18.8 Å². The van der Waals surface area contributed by atoms with Gasteiger partial charge in [0.2, 0.25) is 5.91 Å². The number of anilines is 1. The number of terminal acetylenes is 1. The SMILES string of the molecule is C#CCNC(=O)CN1CCN(c2ccccc2O)CC1. The molecule has 2 N–H and O–H groups in total. The molecular formula is C15H19N3O2. The number of aromatic hydroxyl groups is 1. The molecule has 5 heteroatoms. The maximum atomic E-state index is 11.6. The molecule has 1 aromatic carbocycles. The van der Waals surface area contributed by atoms with Crippen molar-refractivity contribution in [2.24, 2.45) is 0 Å². The number of nitrogens with one attached hydrogen (secondary N) is 1. The number of phenols is 1. The van der Waals surface area contributed by atoms with Crippen molar-refractivity contribution >= 4 is 11.6 Å². The van der Waals surface area contributed by atoms with E-state index in [9.17, 15) is 9.90 Å². The smallest absolute Gasteiger partial charge is 0.234 e. The van der Waals surface area contributed by atoms with Gasteiger partial charge in [0.15, 0.2) is 0 Å². The number of amides is 1. The summed E-state index contributed by atoms with van der Waals surface area (Å²) < 4.78 is 0. The van der Waals surface area contributed by atoms with Crippen molar-refractivity contribution in [3.05, 3.63) is 24.3 Å². The lowest BCUT2D eigenvalue weighted by Gasteiger charge is -2.35. The number of phenolic OH excluding ortho intramolecular Hbond substituents is 1. The first-order valence-corrected chi connectivity index (χ1v) is 6.66. The maximum absolute atomic E-state index is 11.6. The first kappa shape index (κ1) is 14.2. The fourth-order valence-corrected chi connectivity index (χ4v) is 2.29.